The van der Waals surface area contributed by atoms with Crippen molar-refractivity contribution in [2.75, 3.05) is 13.1 Å². The smallest absolute Gasteiger partial charge is 0.304 e. The lowest BCUT2D eigenvalue weighted by atomic mass is 9.78. The topological polar surface area (TPSA) is 179 Å². The Labute approximate surface area is 181 Å². The number of ketones is 1. The summed E-state index contributed by atoms with van der Waals surface area (Å²) >= 11 is 0. The summed E-state index contributed by atoms with van der Waals surface area (Å²) in [4.78, 5) is 70.1. The number of nitrogens with one attached hydrogen (secondary N) is 3. The maximum Gasteiger partial charge on any atom is 0.304 e. The van der Waals surface area contributed by atoms with Gasteiger partial charge in [0.15, 0.2) is 5.78 Å². The van der Waals surface area contributed by atoms with E-state index in [0.29, 0.717) is 0 Å². The molecule has 0 aliphatic rings. The zero-order valence-corrected chi connectivity index (χ0v) is 18.6. The number of aliphatic carboxylic acids is 2. The summed E-state index contributed by atoms with van der Waals surface area (Å²) in [6, 6.07) is -0.983. The molecule has 3 amide bonds. The molecular weight excluding hydrogens is 410 g/mol. The molecule has 0 saturated carbocycles. The third-order valence-corrected chi connectivity index (χ3v) is 4.50. The molecule has 0 bridgehead atoms. The number of carbonyl (C=O) groups excluding carboxylic acids is 4. The van der Waals surface area contributed by atoms with Gasteiger partial charge in [0.1, 0.15) is 0 Å². The van der Waals surface area contributed by atoms with Crippen LogP contribution in [-0.2, 0) is 28.8 Å². The predicted molar refractivity (Wildman–Crippen MR) is 110 cm³/mol. The lowest BCUT2D eigenvalue weighted by Crippen LogP contribution is -2.48. The second-order valence-corrected chi connectivity index (χ2v) is 8.62. The van der Waals surface area contributed by atoms with Crippen molar-refractivity contribution in [1.29, 1.82) is 0 Å². The molecule has 0 aliphatic heterocycles. The second kappa shape index (κ2) is 12.7. The van der Waals surface area contributed by atoms with E-state index in [0.717, 1.165) is 0 Å². The van der Waals surface area contributed by atoms with Gasteiger partial charge in [0, 0.05) is 12.3 Å². The van der Waals surface area contributed by atoms with Gasteiger partial charge in [-0.1, -0.05) is 34.6 Å². The Morgan fingerprint density at radius 2 is 1.39 bits per heavy atom. The fraction of sp³-hybridized carbons (Fsp3) is 0.700. The van der Waals surface area contributed by atoms with E-state index in [9.17, 15) is 28.8 Å². The van der Waals surface area contributed by atoms with E-state index in [4.69, 9.17) is 10.2 Å². The summed E-state index contributed by atoms with van der Waals surface area (Å²) in [6.07, 6.45) is -0.756. The van der Waals surface area contributed by atoms with Crippen LogP contribution < -0.4 is 16.0 Å². The Morgan fingerprint density at radius 1 is 0.839 bits per heavy atom. The summed E-state index contributed by atoms with van der Waals surface area (Å²) in [7, 11) is 0. The van der Waals surface area contributed by atoms with Crippen molar-refractivity contribution in [3.05, 3.63) is 0 Å². The van der Waals surface area contributed by atoms with E-state index in [1.54, 1.807) is 34.6 Å². The van der Waals surface area contributed by atoms with Crippen LogP contribution in [0, 0.1) is 17.3 Å². The number of carboxylic acid groups (broad SMARTS) is 2. The molecule has 0 rings (SSSR count). The summed E-state index contributed by atoms with van der Waals surface area (Å²) < 4.78 is 0. The average Bonchev–Trinajstić information content (AvgIpc) is 2.63. The highest BCUT2D eigenvalue weighted by Gasteiger charge is 2.33. The molecule has 0 aromatic rings. The van der Waals surface area contributed by atoms with Crippen molar-refractivity contribution < 1.29 is 39.0 Å². The Morgan fingerprint density at radius 3 is 1.84 bits per heavy atom. The van der Waals surface area contributed by atoms with E-state index in [2.05, 4.69) is 16.0 Å². The molecule has 0 radical (unpaired) electrons. The van der Waals surface area contributed by atoms with Crippen LogP contribution in [-0.4, -0.2) is 64.8 Å². The van der Waals surface area contributed by atoms with E-state index in [1.807, 2.05) is 0 Å². The minimum atomic E-state index is -1.13. The Balaban J connectivity index is 4.67. The van der Waals surface area contributed by atoms with Crippen molar-refractivity contribution in [2.24, 2.45) is 17.3 Å². The first-order valence-corrected chi connectivity index (χ1v) is 9.96. The quantitative estimate of drug-likeness (QED) is 0.262. The molecule has 0 fully saturated rings. The van der Waals surface area contributed by atoms with Crippen LogP contribution in [0.5, 0.6) is 0 Å². The van der Waals surface area contributed by atoms with E-state index >= 15 is 0 Å². The Kier molecular flexibility index (Phi) is 11.4. The summed E-state index contributed by atoms with van der Waals surface area (Å²) in [6.45, 7) is 7.47. The molecule has 11 nitrogen and oxygen atoms in total. The van der Waals surface area contributed by atoms with Gasteiger partial charge >= 0.3 is 11.9 Å². The van der Waals surface area contributed by atoms with E-state index in [-0.39, 0.29) is 25.0 Å². The lowest BCUT2D eigenvalue weighted by molar-refractivity contribution is -0.143. The molecular formula is C20H33N3O8. The summed E-state index contributed by atoms with van der Waals surface area (Å²) in [5.74, 6) is -5.76. The van der Waals surface area contributed by atoms with Gasteiger partial charge in [-0.05, 0) is 11.8 Å². The van der Waals surface area contributed by atoms with Gasteiger partial charge in [0.2, 0.25) is 17.7 Å². The molecule has 176 valence electrons. The molecule has 0 spiro atoms. The van der Waals surface area contributed by atoms with Gasteiger partial charge in [0.25, 0.3) is 0 Å². The number of rotatable bonds is 13. The number of carbonyl (C=O) groups is 6. The molecule has 0 heterocycles. The number of hydrogen-bond acceptors (Lipinski definition) is 6. The fourth-order valence-corrected chi connectivity index (χ4v) is 2.70. The number of carboxylic acids is 2. The van der Waals surface area contributed by atoms with Gasteiger partial charge in [-0.25, -0.2) is 0 Å². The summed E-state index contributed by atoms with van der Waals surface area (Å²) in [5.41, 5.74) is -0.632. The first-order chi connectivity index (χ1) is 14.1. The largest absolute Gasteiger partial charge is 0.481 e. The summed E-state index contributed by atoms with van der Waals surface area (Å²) in [5, 5.41) is 24.8. The molecule has 5 N–H and O–H groups in total. The number of Topliss-reactive ketones (excluding diaryl/α,β-unsaturated/α-hetero) is 1. The normalized spacial score (nSPS) is 13.1. The highest BCUT2D eigenvalue weighted by atomic mass is 16.4. The molecule has 0 saturated heterocycles. The Hall–Kier alpha value is -2.98. The minimum absolute atomic E-state index is 0.0696. The van der Waals surface area contributed by atoms with Crippen molar-refractivity contribution in [3.63, 3.8) is 0 Å². The Bertz CT molecular complexity index is 697. The molecule has 2 atom stereocenters. The molecule has 0 aromatic carbocycles. The van der Waals surface area contributed by atoms with Gasteiger partial charge in [-0.15, -0.1) is 0 Å². The SMILES string of the molecule is CC(C)C(=O)[C@H](CCC(=O)O)NC(=O)CNC(=O)CNC(=O)C(CC(=O)O)C(C)(C)C. The zero-order chi connectivity index (χ0) is 24.4. The molecule has 0 aliphatic carbocycles. The molecule has 0 aromatic heterocycles. The predicted octanol–water partition coefficient (Wildman–Crippen LogP) is -0.0695. The van der Waals surface area contributed by atoms with Gasteiger partial charge < -0.3 is 26.2 Å². The molecule has 31 heavy (non-hydrogen) atoms. The van der Waals surface area contributed by atoms with Crippen LogP contribution >= 0.6 is 0 Å². The van der Waals surface area contributed by atoms with Crippen molar-refractivity contribution in [2.45, 2.75) is 59.9 Å². The molecule has 1 unspecified atom stereocenters. The van der Waals surface area contributed by atoms with Crippen LogP contribution in [0.3, 0.4) is 0 Å². The first-order valence-electron chi connectivity index (χ1n) is 9.96. The lowest BCUT2D eigenvalue weighted by Gasteiger charge is -2.28. The minimum Gasteiger partial charge on any atom is -0.481 e. The number of hydrogen-bond donors (Lipinski definition) is 5. The third-order valence-electron chi connectivity index (χ3n) is 4.50. The van der Waals surface area contributed by atoms with Crippen LogP contribution in [0.15, 0.2) is 0 Å². The monoisotopic (exact) mass is 443 g/mol. The second-order valence-electron chi connectivity index (χ2n) is 8.62. The van der Waals surface area contributed by atoms with Crippen molar-refractivity contribution in [1.82, 2.24) is 16.0 Å². The van der Waals surface area contributed by atoms with E-state index < -0.39 is 66.0 Å². The van der Waals surface area contributed by atoms with Crippen LogP contribution in [0.4, 0.5) is 0 Å². The van der Waals surface area contributed by atoms with Crippen molar-refractivity contribution >= 4 is 35.4 Å². The van der Waals surface area contributed by atoms with Crippen LogP contribution in [0.2, 0.25) is 0 Å². The highest BCUT2D eigenvalue weighted by molar-refractivity contribution is 5.93. The van der Waals surface area contributed by atoms with Gasteiger partial charge in [0.05, 0.1) is 31.5 Å². The van der Waals surface area contributed by atoms with Gasteiger partial charge in [-0.3, -0.25) is 28.8 Å². The fourth-order valence-electron chi connectivity index (χ4n) is 2.70. The van der Waals surface area contributed by atoms with Crippen LogP contribution in [0.1, 0.15) is 53.9 Å². The number of amides is 3. The average molecular weight is 443 g/mol. The standard InChI is InChI=1S/C20H33N3O8/c1-11(2)18(30)13(6-7-16(26)27)23-15(25)10-21-14(24)9-22-19(31)12(8-17(28)29)20(3,4)5/h11-13H,6-10H2,1-5H3,(H,21,24)(H,22,31)(H,23,25)(H,26,27)(H,28,29)/t12?,13-/m0/s1. The maximum atomic E-state index is 12.3. The van der Waals surface area contributed by atoms with Crippen molar-refractivity contribution in [3.8, 4) is 0 Å². The third kappa shape index (κ3) is 11.7. The van der Waals surface area contributed by atoms with Crippen LogP contribution in [0.25, 0.3) is 0 Å². The van der Waals surface area contributed by atoms with E-state index in [1.165, 1.54) is 0 Å². The molecule has 11 heteroatoms. The van der Waals surface area contributed by atoms with Gasteiger partial charge in [-0.2, -0.15) is 0 Å². The highest BCUT2D eigenvalue weighted by Crippen LogP contribution is 2.28. The maximum absolute atomic E-state index is 12.3. The first kappa shape index (κ1) is 28.0. The zero-order valence-electron chi connectivity index (χ0n) is 18.6.